The third kappa shape index (κ3) is 2.19. The Balaban J connectivity index is 2.24. The van der Waals surface area contributed by atoms with Gasteiger partial charge in [0.15, 0.2) is 0 Å². The zero-order chi connectivity index (χ0) is 10.8. The second-order valence-corrected chi connectivity index (χ2v) is 7.05. The Hall–Kier alpha value is -0.520. The van der Waals surface area contributed by atoms with Crippen LogP contribution in [-0.4, -0.2) is 29.6 Å². The average Bonchev–Trinajstić information content (AvgIpc) is 2.59. The summed E-state index contributed by atoms with van der Waals surface area (Å²) in [6.07, 6.45) is -0.879. The van der Waals surface area contributed by atoms with Crippen LogP contribution in [0.3, 0.4) is 0 Å². The molecule has 0 bridgehead atoms. The van der Waals surface area contributed by atoms with Crippen molar-refractivity contribution in [2.75, 3.05) is 11.5 Å². The summed E-state index contributed by atoms with van der Waals surface area (Å²) in [4.78, 5) is 0. The molecule has 1 N–H and O–H groups in total. The van der Waals surface area contributed by atoms with Crippen LogP contribution in [-0.2, 0) is 21.6 Å². The molecular formula is C10H12O3S2. The minimum absolute atomic E-state index is 0.432. The largest absolute Gasteiger partial charge is 0.386 e. The highest BCUT2D eigenvalue weighted by atomic mass is 32.3. The van der Waals surface area contributed by atoms with Crippen LogP contribution in [0, 0.1) is 0 Å². The molecule has 1 aliphatic rings. The first-order chi connectivity index (χ1) is 7.20. The molecule has 1 aromatic carbocycles. The Morgan fingerprint density at radius 3 is 2.20 bits per heavy atom. The first-order valence-corrected chi connectivity index (χ1v) is 7.44. The minimum atomic E-state index is -1.17. The van der Waals surface area contributed by atoms with Crippen LogP contribution in [0.15, 0.2) is 30.3 Å². The maximum Gasteiger partial charge on any atom is 0.140 e. The van der Waals surface area contributed by atoms with E-state index in [1.165, 1.54) is 0 Å². The van der Waals surface area contributed by atoms with Crippen molar-refractivity contribution in [3.05, 3.63) is 35.9 Å². The molecular weight excluding hydrogens is 232 g/mol. The second-order valence-electron chi connectivity index (χ2n) is 3.39. The van der Waals surface area contributed by atoms with Crippen LogP contribution in [0.1, 0.15) is 11.7 Å². The maximum absolute atomic E-state index is 11.6. The van der Waals surface area contributed by atoms with Crippen molar-refractivity contribution >= 4 is 21.6 Å². The highest BCUT2D eigenvalue weighted by Gasteiger charge is 2.37. The van der Waals surface area contributed by atoms with E-state index in [4.69, 9.17) is 0 Å². The van der Waals surface area contributed by atoms with Crippen molar-refractivity contribution in [1.82, 2.24) is 0 Å². The summed E-state index contributed by atoms with van der Waals surface area (Å²) in [7, 11) is -2.34. The fourth-order valence-electron chi connectivity index (χ4n) is 1.61. The van der Waals surface area contributed by atoms with Gasteiger partial charge in [0.05, 0.1) is 0 Å². The van der Waals surface area contributed by atoms with Gasteiger partial charge in [-0.1, -0.05) is 30.3 Å². The van der Waals surface area contributed by atoms with Crippen molar-refractivity contribution in [1.29, 1.82) is 0 Å². The standard InChI is InChI=1S/C10H12O3S2/c11-9(8-4-2-1-3-5-8)10-14(12)6-7-15(10)13/h1-5,9-11H,6-7H2/t9-,14+,15+/m0/s1. The van der Waals surface area contributed by atoms with Gasteiger partial charge in [-0.15, -0.1) is 0 Å². The third-order valence-electron chi connectivity index (χ3n) is 2.40. The molecule has 1 aromatic rings. The molecule has 0 radical (unpaired) electrons. The Morgan fingerprint density at radius 1 is 1.13 bits per heavy atom. The predicted molar refractivity (Wildman–Crippen MR) is 61.2 cm³/mol. The molecule has 3 atom stereocenters. The molecule has 1 aliphatic heterocycles. The van der Waals surface area contributed by atoms with Gasteiger partial charge in [-0.3, -0.25) is 8.42 Å². The molecule has 0 aromatic heterocycles. The van der Waals surface area contributed by atoms with Crippen LogP contribution >= 0.6 is 0 Å². The zero-order valence-corrected chi connectivity index (χ0v) is 9.67. The van der Waals surface area contributed by atoms with E-state index in [9.17, 15) is 13.5 Å². The average molecular weight is 244 g/mol. The Kier molecular flexibility index (Phi) is 3.33. The first kappa shape index (κ1) is 11.0. The number of hydrogen-bond donors (Lipinski definition) is 1. The van der Waals surface area contributed by atoms with Crippen LogP contribution in [0.4, 0.5) is 0 Å². The van der Waals surface area contributed by atoms with Crippen LogP contribution in [0.25, 0.3) is 0 Å². The molecule has 2 rings (SSSR count). The quantitative estimate of drug-likeness (QED) is 0.827. The van der Waals surface area contributed by atoms with Gasteiger partial charge in [-0.2, -0.15) is 0 Å². The fraction of sp³-hybridized carbons (Fsp3) is 0.400. The van der Waals surface area contributed by atoms with Crippen molar-refractivity contribution < 1.29 is 13.5 Å². The lowest BCUT2D eigenvalue weighted by molar-refractivity contribution is 0.194. The van der Waals surface area contributed by atoms with Gasteiger partial charge in [-0.05, 0) is 5.56 Å². The summed E-state index contributed by atoms with van der Waals surface area (Å²) in [6.45, 7) is 0. The van der Waals surface area contributed by atoms with Gasteiger partial charge in [0.2, 0.25) is 0 Å². The molecule has 0 aliphatic carbocycles. The summed E-state index contributed by atoms with van der Waals surface area (Å²) < 4.78 is 22.5. The molecule has 1 heterocycles. The lowest BCUT2D eigenvalue weighted by atomic mass is 10.1. The van der Waals surface area contributed by atoms with Crippen molar-refractivity contribution in [3.63, 3.8) is 0 Å². The van der Waals surface area contributed by atoms with Gasteiger partial charge < -0.3 is 5.11 Å². The number of hydrogen-bond acceptors (Lipinski definition) is 3. The molecule has 82 valence electrons. The summed E-state index contributed by atoms with van der Waals surface area (Å²) in [5.41, 5.74) is 0.686. The molecule has 0 amide bonds. The lowest BCUT2D eigenvalue weighted by Crippen LogP contribution is -2.23. The smallest absolute Gasteiger partial charge is 0.140 e. The van der Waals surface area contributed by atoms with Crippen molar-refractivity contribution in [2.24, 2.45) is 0 Å². The topological polar surface area (TPSA) is 54.4 Å². The molecule has 5 heteroatoms. The van der Waals surface area contributed by atoms with Crippen LogP contribution < -0.4 is 0 Å². The molecule has 0 spiro atoms. The third-order valence-corrected chi connectivity index (χ3v) is 6.71. The Labute approximate surface area is 93.4 Å². The zero-order valence-electron chi connectivity index (χ0n) is 8.04. The van der Waals surface area contributed by atoms with Crippen molar-refractivity contribution in [3.8, 4) is 0 Å². The van der Waals surface area contributed by atoms with Crippen molar-refractivity contribution in [2.45, 2.75) is 10.7 Å². The first-order valence-electron chi connectivity index (χ1n) is 4.67. The van der Waals surface area contributed by atoms with Gasteiger partial charge in [-0.25, -0.2) is 0 Å². The van der Waals surface area contributed by atoms with Crippen LogP contribution in [0.2, 0.25) is 0 Å². The normalized spacial score (nSPS) is 29.1. The lowest BCUT2D eigenvalue weighted by Gasteiger charge is -2.15. The second kappa shape index (κ2) is 4.55. The van der Waals surface area contributed by atoms with E-state index >= 15 is 0 Å². The summed E-state index contributed by atoms with van der Waals surface area (Å²) in [6, 6.07) is 8.98. The molecule has 0 unspecified atom stereocenters. The number of aliphatic hydroxyl groups is 1. The Bertz CT molecular complexity index is 375. The van der Waals surface area contributed by atoms with E-state index in [-0.39, 0.29) is 0 Å². The monoisotopic (exact) mass is 244 g/mol. The van der Waals surface area contributed by atoms with Crippen LogP contribution in [0.5, 0.6) is 0 Å². The van der Waals surface area contributed by atoms with Gasteiger partial charge in [0.25, 0.3) is 0 Å². The number of aliphatic hydroxyl groups excluding tert-OH is 1. The molecule has 3 nitrogen and oxygen atoms in total. The molecule has 0 saturated carbocycles. The summed E-state index contributed by atoms with van der Waals surface area (Å²) in [5, 5.41) is 9.98. The molecule has 15 heavy (non-hydrogen) atoms. The van der Waals surface area contributed by atoms with E-state index in [0.29, 0.717) is 17.1 Å². The van der Waals surface area contributed by atoms with E-state index in [2.05, 4.69) is 0 Å². The minimum Gasteiger partial charge on any atom is -0.386 e. The number of rotatable bonds is 2. The fourth-order valence-corrected chi connectivity index (χ4v) is 5.81. The molecule has 1 fully saturated rings. The summed E-state index contributed by atoms with van der Waals surface area (Å²) >= 11 is 0. The molecule has 1 saturated heterocycles. The van der Waals surface area contributed by atoms with Gasteiger partial charge >= 0.3 is 0 Å². The maximum atomic E-state index is 11.6. The van der Waals surface area contributed by atoms with E-state index in [0.717, 1.165) is 0 Å². The van der Waals surface area contributed by atoms with E-state index < -0.39 is 32.3 Å². The predicted octanol–water partition coefficient (Wildman–Crippen LogP) is 0.557. The van der Waals surface area contributed by atoms with Gasteiger partial charge in [0.1, 0.15) is 10.7 Å². The summed E-state index contributed by atoms with van der Waals surface area (Å²) in [5.74, 6) is 0.863. The van der Waals surface area contributed by atoms with E-state index in [1.54, 1.807) is 24.3 Å². The van der Waals surface area contributed by atoms with Gasteiger partial charge in [0, 0.05) is 33.1 Å². The Morgan fingerprint density at radius 2 is 1.67 bits per heavy atom. The highest BCUT2D eigenvalue weighted by molar-refractivity contribution is 8.06. The number of benzene rings is 1. The highest BCUT2D eigenvalue weighted by Crippen LogP contribution is 2.27. The van der Waals surface area contributed by atoms with E-state index in [1.807, 2.05) is 6.07 Å². The SMILES string of the molecule is O=[S@@]1CC[S@@](=O)C1[C@@H](O)c1ccccc1.